The fourth-order valence-corrected chi connectivity index (χ4v) is 0.821. The topological polar surface area (TPSA) is 84.8 Å². The number of hydrogen-bond acceptors (Lipinski definition) is 5. The van der Waals surface area contributed by atoms with Gasteiger partial charge in [0.25, 0.3) is 5.91 Å². The Morgan fingerprint density at radius 2 is 2.14 bits per heavy atom. The van der Waals surface area contributed by atoms with Gasteiger partial charge in [-0.25, -0.2) is 10.9 Å². The van der Waals surface area contributed by atoms with Crippen molar-refractivity contribution in [2.24, 2.45) is 11.6 Å². The molecule has 82 valence electrons. The second-order valence-electron chi connectivity index (χ2n) is 2.81. The predicted molar refractivity (Wildman–Crippen MR) is 53.2 cm³/mol. The summed E-state index contributed by atoms with van der Waals surface area (Å²) in [7, 11) is 2.86. The number of hydrazine groups is 1. The number of rotatable bonds is 5. The Hall–Kier alpha value is -1.27. The molecule has 0 aromatic rings. The van der Waals surface area contributed by atoms with Crippen molar-refractivity contribution < 1.29 is 9.63 Å². The maximum Gasteiger partial charge on any atom is 0.294 e. The number of hydrogen-bond donors (Lipinski definition) is 2. The lowest BCUT2D eigenvalue weighted by Crippen LogP contribution is -2.34. The van der Waals surface area contributed by atoms with Crippen LogP contribution >= 0.6 is 0 Å². The number of amides is 1. The summed E-state index contributed by atoms with van der Waals surface area (Å²) >= 11 is 0. The Morgan fingerprint density at radius 1 is 1.57 bits per heavy atom. The van der Waals surface area contributed by atoms with Gasteiger partial charge < -0.3 is 10.7 Å². The molecule has 0 fully saturated rings. The lowest BCUT2D eigenvalue weighted by molar-refractivity contribution is -0.164. The highest BCUT2D eigenvalue weighted by Crippen LogP contribution is 1.95. The summed E-state index contributed by atoms with van der Waals surface area (Å²) in [6, 6.07) is 0. The molecule has 0 saturated carbocycles. The monoisotopic (exact) mass is 202 g/mol. The molecule has 0 rings (SSSR count). The second kappa shape index (κ2) is 6.22. The minimum absolute atomic E-state index is 0.0466. The van der Waals surface area contributed by atoms with E-state index in [1.165, 1.54) is 25.4 Å². The number of carbonyl (C=O) groups is 1. The van der Waals surface area contributed by atoms with Crippen LogP contribution in [0.4, 0.5) is 0 Å². The number of carbonyl (C=O) groups excluding carboxylic acids is 1. The zero-order valence-corrected chi connectivity index (χ0v) is 8.86. The van der Waals surface area contributed by atoms with E-state index in [0.29, 0.717) is 6.54 Å². The summed E-state index contributed by atoms with van der Waals surface area (Å²) in [4.78, 5) is 16.0. The van der Waals surface area contributed by atoms with Gasteiger partial charge in [0.15, 0.2) is 0 Å². The molecule has 6 nitrogen and oxygen atoms in total. The maximum atomic E-state index is 11.3. The van der Waals surface area contributed by atoms with Crippen LogP contribution in [0.2, 0.25) is 0 Å². The quantitative estimate of drug-likeness (QED) is 0.353. The van der Waals surface area contributed by atoms with E-state index >= 15 is 0 Å². The molecule has 0 spiro atoms. The van der Waals surface area contributed by atoms with Crippen LogP contribution in [0.3, 0.4) is 0 Å². The molecule has 0 unspecified atom stereocenters. The van der Waals surface area contributed by atoms with E-state index in [4.69, 9.17) is 11.6 Å². The summed E-state index contributed by atoms with van der Waals surface area (Å²) in [6.45, 7) is 2.62. The van der Waals surface area contributed by atoms with Crippen molar-refractivity contribution in [3.05, 3.63) is 11.9 Å². The maximum absolute atomic E-state index is 11.3. The molecular weight excluding hydrogens is 184 g/mol. The van der Waals surface area contributed by atoms with E-state index in [1.807, 2.05) is 6.92 Å². The lowest BCUT2D eigenvalue weighted by Gasteiger charge is -2.16. The summed E-state index contributed by atoms with van der Waals surface area (Å²) < 4.78 is 0. The van der Waals surface area contributed by atoms with Gasteiger partial charge in [0.1, 0.15) is 5.70 Å². The predicted octanol–water partition coefficient (Wildman–Crippen LogP) is -0.608. The van der Waals surface area contributed by atoms with E-state index in [0.717, 1.165) is 11.5 Å². The number of likely N-dealkylation sites (N-methyl/N-ethyl adjacent to an activating group) is 1. The summed E-state index contributed by atoms with van der Waals surface area (Å²) in [5.41, 5.74) is 5.54. The Labute approximate surface area is 84.0 Å². The van der Waals surface area contributed by atoms with E-state index in [1.54, 1.807) is 0 Å². The van der Waals surface area contributed by atoms with E-state index in [9.17, 15) is 4.79 Å². The van der Waals surface area contributed by atoms with E-state index in [2.05, 4.69) is 4.84 Å². The Bertz CT molecular complexity index is 217. The highest BCUT2D eigenvalue weighted by Gasteiger charge is 2.11. The second-order valence-corrected chi connectivity index (χ2v) is 2.81. The van der Waals surface area contributed by atoms with Crippen LogP contribution in [-0.2, 0) is 9.63 Å². The first-order valence-electron chi connectivity index (χ1n) is 4.33. The van der Waals surface area contributed by atoms with Gasteiger partial charge in [0, 0.05) is 19.8 Å². The molecule has 4 N–H and O–H groups in total. The smallest absolute Gasteiger partial charge is 0.294 e. The standard InChI is InChI=1S/C8H18N4O2/c1-4-5-12(10)6-7(9)8(13)11(2)14-3/h6H,4-5,9-10H2,1-3H3/b7-6-. The minimum Gasteiger partial charge on any atom is -0.393 e. The highest BCUT2D eigenvalue weighted by atomic mass is 16.7. The molecule has 0 aliphatic carbocycles. The third-order valence-electron chi connectivity index (χ3n) is 1.59. The van der Waals surface area contributed by atoms with Crippen molar-refractivity contribution in [1.29, 1.82) is 0 Å². The molecule has 0 bridgehead atoms. The van der Waals surface area contributed by atoms with Crippen LogP contribution in [0.5, 0.6) is 0 Å². The summed E-state index contributed by atoms with van der Waals surface area (Å²) in [5.74, 6) is 5.11. The van der Waals surface area contributed by atoms with Crippen molar-refractivity contribution in [2.75, 3.05) is 20.7 Å². The van der Waals surface area contributed by atoms with E-state index in [-0.39, 0.29) is 5.70 Å². The first kappa shape index (κ1) is 12.7. The van der Waals surface area contributed by atoms with Crippen molar-refractivity contribution in [1.82, 2.24) is 10.1 Å². The average molecular weight is 202 g/mol. The van der Waals surface area contributed by atoms with Crippen LogP contribution < -0.4 is 11.6 Å². The minimum atomic E-state index is -0.418. The van der Waals surface area contributed by atoms with Gasteiger partial charge >= 0.3 is 0 Å². The molecule has 0 saturated heterocycles. The van der Waals surface area contributed by atoms with E-state index < -0.39 is 5.91 Å². The fourth-order valence-electron chi connectivity index (χ4n) is 0.821. The van der Waals surface area contributed by atoms with Gasteiger partial charge in [-0.05, 0) is 6.42 Å². The van der Waals surface area contributed by atoms with Gasteiger partial charge in [-0.2, -0.15) is 0 Å². The molecule has 6 heteroatoms. The van der Waals surface area contributed by atoms with Crippen LogP contribution in [0.1, 0.15) is 13.3 Å². The lowest BCUT2D eigenvalue weighted by atomic mass is 10.4. The first-order valence-corrected chi connectivity index (χ1v) is 4.33. The normalized spacial score (nSPS) is 11.3. The molecule has 0 heterocycles. The summed E-state index contributed by atoms with van der Waals surface area (Å²) in [6.07, 6.45) is 2.27. The van der Waals surface area contributed by atoms with Crippen molar-refractivity contribution in [3.8, 4) is 0 Å². The number of hydroxylamine groups is 2. The third kappa shape index (κ3) is 4.11. The number of nitrogens with two attached hydrogens (primary N) is 2. The third-order valence-corrected chi connectivity index (χ3v) is 1.59. The molecule has 0 aromatic heterocycles. The van der Waals surface area contributed by atoms with Gasteiger partial charge in [-0.3, -0.25) is 9.63 Å². The zero-order valence-electron chi connectivity index (χ0n) is 8.86. The van der Waals surface area contributed by atoms with Crippen LogP contribution in [-0.4, -0.2) is 36.7 Å². The summed E-state index contributed by atoms with van der Waals surface area (Å²) in [5, 5.41) is 2.41. The van der Waals surface area contributed by atoms with Gasteiger partial charge in [-0.1, -0.05) is 6.92 Å². The van der Waals surface area contributed by atoms with Gasteiger partial charge in [0.2, 0.25) is 0 Å². The number of nitrogens with zero attached hydrogens (tertiary/aromatic N) is 2. The zero-order chi connectivity index (χ0) is 11.1. The van der Waals surface area contributed by atoms with Crippen molar-refractivity contribution in [2.45, 2.75) is 13.3 Å². The molecule has 0 radical (unpaired) electrons. The first-order chi connectivity index (χ1) is 6.52. The van der Waals surface area contributed by atoms with Gasteiger partial charge in [0.05, 0.1) is 7.11 Å². The largest absolute Gasteiger partial charge is 0.393 e. The molecule has 0 aliphatic rings. The molecule has 14 heavy (non-hydrogen) atoms. The van der Waals surface area contributed by atoms with Crippen molar-refractivity contribution >= 4 is 5.91 Å². The fraction of sp³-hybridized carbons (Fsp3) is 0.625. The highest BCUT2D eigenvalue weighted by molar-refractivity contribution is 5.91. The molecule has 0 aromatic carbocycles. The SMILES string of the molecule is CCCN(N)/C=C(\N)C(=O)N(C)OC. The Kier molecular flexibility index (Phi) is 5.66. The Morgan fingerprint density at radius 3 is 2.57 bits per heavy atom. The van der Waals surface area contributed by atoms with Gasteiger partial charge in [-0.15, -0.1) is 0 Å². The van der Waals surface area contributed by atoms with Crippen molar-refractivity contribution in [3.63, 3.8) is 0 Å². The van der Waals surface area contributed by atoms with Crippen LogP contribution in [0, 0.1) is 0 Å². The van der Waals surface area contributed by atoms with Crippen LogP contribution in [0.15, 0.2) is 11.9 Å². The molecule has 0 aliphatic heterocycles. The van der Waals surface area contributed by atoms with Crippen LogP contribution in [0.25, 0.3) is 0 Å². The average Bonchev–Trinajstić information content (AvgIpc) is 2.15. The molecule has 0 atom stereocenters. The Balaban J connectivity index is 4.29. The molecular formula is C8H18N4O2. The molecule has 1 amide bonds.